The minimum atomic E-state index is -0.239. The van der Waals surface area contributed by atoms with Crippen LogP contribution in [0.25, 0.3) is 0 Å². The number of aryl methyl sites for hydroxylation is 1. The number of rotatable bonds is 8. The lowest BCUT2D eigenvalue weighted by molar-refractivity contribution is -0.119. The highest BCUT2D eigenvalue weighted by Gasteiger charge is 2.15. The molecule has 1 amide bonds. The Morgan fingerprint density at radius 1 is 1.14 bits per heavy atom. The van der Waals surface area contributed by atoms with Gasteiger partial charge in [-0.3, -0.25) is 9.69 Å². The summed E-state index contributed by atoms with van der Waals surface area (Å²) in [5.74, 6) is 1.92. The summed E-state index contributed by atoms with van der Waals surface area (Å²) in [7, 11) is 1.59. The molecule has 2 aliphatic rings. The molecule has 0 atom stereocenters. The lowest BCUT2D eigenvalue weighted by Crippen LogP contribution is -2.25. The van der Waals surface area contributed by atoms with E-state index in [0.717, 1.165) is 68.9 Å². The maximum atomic E-state index is 13.0. The van der Waals surface area contributed by atoms with Gasteiger partial charge in [0.05, 0.1) is 13.7 Å². The highest BCUT2D eigenvalue weighted by molar-refractivity contribution is 5.49. The summed E-state index contributed by atoms with van der Waals surface area (Å²) in [6, 6.07) is 9.07. The minimum Gasteiger partial charge on any atom is -0.496 e. The topological polar surface area (TPSA) is 42.0 Å². The van der Waals surface area contributed by atoms with Crippen molar-refractivity contribution in [2.75, 3.05) is 33.4 Å². The summed E-state index contributed by atoms with van der Waals surface area (Å²) in [6.45, 7) is 11.8. The zero-order chi connectivity index (χ0) is 25.2. The molecule has 2 aromatic rings. The maximum Gasteiger partial charge on any atom is 0.210 e. The molecule has 1 fully saturated rings. The van der Waals surface area contributed by atoms with Gasteiger partial charge < -0.3 is 14.4 Å². The van der Waals surface area contributed by atoms with Crippen molar-refractivity contribution in [3.63, 3.8) is 0 Å². The van der Waals surface area contributed by atoms with Crippen LogP contribution < -0.4 is 9.47 Å². The Morgan fingerprint density at radius 2 is 1.91 bits per heavy atom. The zero-order valence-electron chi connectivity index (χ0n) is 21.8. The van der Waals surface area contributed by atoms with Crippen molar-refractivity contribution in [2.45, 2.75) is 66.0 Å². The number of fused-ring (bicyclic) bond motifs is 1. The van der Waals surface area contributed by atoms with Gasteiger partial charge in [-0.05, 0) is 86.9 Å². The van der Waals surface area contributed by atoms with Crippen molar-refractivity contribution < 1.29 is 18.7 Å². The lowest BCUT2D eigenvalue weighted by Gasteiger charge is -2.21. The summed E-state index contributed by atoms with van der Waals surface area (Å²) in [4.78, 5) is 15.4. The normalized spacial score (nSPS) is 15.5. The number of amides is 1. The Balaban J connectivity index is 0.000000203. The van der Waals surface area contributed by atoms with Crippen molar-refractivity contribution in [1.29, 1.82) is 0 Å². The third-order valence-electron chi connectivity index (χ3n) is 6.55. The van der Waals surface area contributed by atoms with E-state index in [1.54, 1.807) is 7.11 Å². The largest absolute Gasteiger partial charge is 0.496 e. The molecule has 2 heterocycles. The second kappa shape index (κ2) is 13.5. The van der Waals surface area contributed by atoms with Crippen molar-refractivity contribution >= 4 is 6.41 Å². The van der Waals surface area contributed by atoms with Crippen LogP contribution in [0.1, 0.15) is 61.8 Å². The third kappa shape index (κ3) is 8.24. The van der Waals surface area contributed by atoms with Crippen LogP contribution in [-0.2, 0) is 24.3 Å². The van der Waals surface area contributed by atoms with Gasteiger partial charge in [-0.15, -0.1) is 0 Å². The summed E-state index contributed by atoms with van der Waals surface area (Å²) < 4.78 is 24.0. The van der Waals surface area contributed by atoms with Crippen LogP contribution in [0.5, 0.6) is 11.5 Å². The van der Waals surface area contributed by atoms with Crippen LogP contribution in [0.15, 0.2) is 30.3 Å². The number of carbonyl (C=O) groups excluding carboxylic acids is 1. The van der Waals surface area contributed by atoms with Crippen molar-refractivity contribution in [2.24, 2.45) is 5.92 Å². The Morgan fingerprint density at radius 3 is 2.60 bits per heavy atom. The molecular formula is C29H41FN2O3. The summed E-state index contributed by atoms with van der Waals surface area (Å²) >= 11 is 0. The number of methoxy groups -OCH3 is 1. The van der Waals surface area contributed by atoms with Gasteiger partial charge in [0.2, 0.25) is 6.41 Å². The van der Waals surface area contributed by atoms with E-state index in [-0.39, 0.29) is 5.82 Å². The molecule has 6 heteroatoms. The first-order chi connectivity index (χ1) is 16.9. The number of benzene rings is 2. The van der Waals surface area contributed by atoms with Gasteiger partial charge in [0.25, 0.3) is 0 Å². The lowest BCUT2D eigenvalue weighted by atomic mass is 9.99. The minimum absolute atomic E-state index is 0.239. The van der Waals surface area contributed by atoms with Crippen LogP contribution in [0, 0.1) is 18.7 Å². The molecule has 0 radical (unpaired) electrons. The Labute approximate surface area is 210 Å². The first kappa shape index (κ1) is 27.0. The van der Waals surface area contributed by atoms with E-state index in [1.807, 2.05) is 11.0 Å². The summed E-state index contributed by atoms with van der Waals surface area (Å²) in [5.41, 5.74) is 4.86. The molecule has 2 aliphatic heterocycles. The van der Waals surface area contributed by atoms with Gasteiger partial charge in [0, 0.05) is 31.3 Å². The van der Waals surface area contributed by atoms with Crippen molar-refractivity contribution in [3.8, 4) is 11.5 Å². The first-order valence-corrected chi connectivity index (χ1v) is 12.9. The molecule has 0 bridgehead atoms. The number of halogens is 1. The van der Waals surface area contributed by atoms with Crippen LogP contribution in [-0.4, -0.2) is 49.6 Å². The Bertz CT molecular complexity index is 957. The average Bonchev–Trinajstić information content (AvgIpc) is 3.22. The van der Waals surface area contributed by atoms with Crippen molar-refractivity contribution in [3.05, 3.63) is 58.4 Å². The molecule has 0 aromatic heterocycles. The van der Waals surface area contributed by atoms with Crippen LogP contribution in [0.3, 0.4) is 0 Å². The summed E-state index contributed by atoms with van der Waals surface area (Å²) in [5, 5.41) is 0. The molecule has 35 heavy (non-hydrogen) atoms. The molecule has 2 aromatic carbocycles. The average molecular weight is 485 g/mol. The van der Waals surface area contributed by atoms with Gasteiger partial charge in [0.15, 0.2) is 0 Å². The zero-order valence-corrected chi connectivity index (χ0v) is 21.8. The van der Waals surface area contributed by atoms with Crippen LogP contribution in [0.4, 0.5) is 4.39 Å². The van der Waals surface area contributed by atoms with E-state index in [1.165, 1.54) is 42.5 Å². The number of hydrogen-bond acceptors (Lipinski definition) is 4. The van der Waals surface area contributed by atoms with Crippen LogP contribution in [0.2, 0.25) is 0 Å². The molecule has 5 nitrogen and oxygen atoms in total. The third-order valence-corrected chi connectivity index (χ3v) is 6.55. The van der Waals surface area contributed by atoms with Crippen LogP contribution >= 0.6 is 0 Å². The van der Waals surface area contributed by atoms with Gasteiger partial charge in [0.1, 0.15) is 17.3 Å². The molecule has 4 rings (SSSR count). The highest BCUT2D eigenvalue weighted by Crippen LogP contribution is 2.29. The van der Waals surface area contributed by atoms with Crippen molar-refractivity contribution in [1.82, 2.24) is 9.80 Å². The quantitative estimate of drug-likeness (QED) is 0.447. The fraction of sp³-hybridized carbons (Fsp3) is 0.552. The fourth-order valence-electron chi connectivity index (χ4n) is 4.86. The van der Waals surface area contributed by atoms with E-state index < -0.39 is 0 Å². The standard InChI is InChI=1S/C17H25NO2.C12H16FNO/c1-13(2)10-18(12-19)11-15-8-14(3)16-6-4-5-7-20-17(16)9-15;1-15-12-8-11(13)5-4-10(12)9-14-6-2-3-7-14/h8-9,12-13H,4-7,10-11H2,1-3H3;4-5,8H,2-3,6-7,9H2,1H3. The Hall–Kier alpha value is -2.60. The predicted octanol–water partition coefficient (Wildman–Crippen LogP) is 5.75. The molecule has 0 aliphatic carbocycles. The molecule has 0 saturated carbocycles. The monoisotopic (exact) mass is 484 g/mol. The van der Waals surface area contributed by atoms with E-state index >= 15 is 0 Å². The second-order valence-corrected chi connectivity index (χ2v) is 10.1. The highest BCUT2D eigenvalue weighted by atomic mass is 19.1. The van der Waals surface area contributed by atoms with Gasteiger partial charge in [-0.25, -0.2) is 4.39 Å². The van der Waals surface area contributed by atoms with E-state index in [4.69, 9.17) is 9.47 Å². The van der Waals surface area contributed by atoms with E-state index in [2.05, 4.69) is 37.8 Å². The number of nitrogens with zero attached hydrogens (tertiary/aromatic N) is 2. The molecule has 0 unspecified atom stereocenters. The molecule has 192 valence electrons. The number of ether oxygens (including phenoxy) is 2. The van der Waals surface area contributed by atoms with Gasteiger partial charge in [-0.2, -0.15) is 0 Å². The maximum absolute atomic E-state index is 13.0. The Kier molecular flexibility index (Phi) is 10.4. The number of carbonyl (C=O) groups is 1. The van der Waals surface area contributed by atoms with Gasteiger partial charge >= 0.3 is 0 Å². The molecular weight excluding hydrogens is 443 g/mol. The molecule has 0 spiro atoms. The fourth-order valence-corrected chi connectivity index (χ4v) is 4.86. The SMILES string of the molecule is COc1cc(F)ccc1CN1CCCC1.Cc1cc(CN(C=O)CC(C)C)cc2c1CCCCO2. The first-order valence-electron chi connectivity index (χ1n) is 12.9. The molecule has 0 N–H and O–H groups in total. The summed E-state index contributed by atoms with van der Waals surface area (Å²) in [6.07, 6.45) is 6.90. The van der Waals surface area contributed by atoms with E-state index in [9.17, 15) is 9.18 Å². The molecule has 1 saturated heterocycles. The number of likely N-dealkylation sites (tertiary alicyclic amines) is 1. The smallest absolute Gasteiger partial charge is 0.210 e. The second-order valence-electron chi connectivity index (χ2n) is 10.1. The number of hydrogen-bond donors (Lipinski definition) is 0. The predicted molar refractivity (Wildman–Crippen MR) is 138 cm³/mol. The van der Waals surface area contributed by atoms with E-state index in [0.29, 0.717) is 18.2 Å². The van der Waals surface area contributed by atoms with Gasteiger partial charge in [-0.1, -0.05) is 26.0 Å².